The Kier molecular flexibility index (Phi) is 4.72. The van der Waals surface area contributed by atoms with Crippen LogP contribution in [0.5, 0.6) is 0 Å². The normalized spacial score (nSPS) is 16.8. The van der Waals surface area contributed by atoms with Crippen LogP contribution in [0.4, 0.5) is 11.4 Å². The van der Waals surface area contributed by atoms with E-state index < -0.39 is 0 Å². The number of pyridine rings is 1. The van der Waals surface area contributed by atoms with Crippen molar-refractivity contribution in [2.45, 2.75) is 19.4 Å². The predicted octanol–water partition coefficient (Wildman–Crippen LogP) is 4.61. The summed E-state index contributed by atoms with van der Waals surface area (Å²) < 4.78 is 1.01. The number of aromatic nitrogens is 2. The van der Waals surface area contributed by atoms with Crippen LogP contribution < -0.4 is 5.32 Å². The van der Waals surface area contributed by atoms with Gasteiger partial charge in [0.1, 0.15) is 0 Å². The molecule has 1 aliphatic rings. The van der Waals surface area contributed by atoms with Gasteiger partial charge < -0.3 is 20.1 Å². The number of likely N-dealkylation sites (tertiary alicyclic amines) is 1. The summed E-state index contributed by atoms with van der Waals surface area (Å²) in [5.74, 6) is 0.109. The molecule has 1 saturated heterocycles. The van der Waals surface area contributed by atoms with Crippen LogP contribution in [0.15, 0.2) is 42.6 Å². The number of anilines is 2. The van der Waals surface area contributed by atoms with Crippen LogP contribution in [0.2, 0.25) is 0 Å². The molecular weight excluding hydrogens is 394 g/mol. The highest BCUT2D eigenvalue weighted by Crippen LogP contribution is 2.34. The van der Waals surface area contributed by atoms with Gasteiger partial charge in [0.2, 0.25) is 0 Å². The van der Waals surface area contributed by atoms with Crippen LogP contribution in [0.3, 0.4) is 0 Å². The number of nitrogens with one attached hydrogen (secondary N) is 2. The minimum atomic E-state index is 0.109. The number of carbonyl (C=O) groups excluding carboxylic acids is 1. The van der Waals surface area contributed by atoms with Crippen molar-refractivity contribution in [1.29, 1.82) is 0 Å². The number of nitrogens with zero attached hydrogens (tertiary/aromatic N) is 3. The van der Waals surface area contributed by atoms with Gasteiger partial charge in [-0.15, -0.1) is 11.3 Å². The largest absolute Gasteiger partial charge is 0.359 e. The van der Waals surface area contributed by atoms with Gasteiger partial charge in [-0.25, -0.2) is 0 Å². The maximum atomic E-state index is 13.1. The van der Waals surface area contributed by atoms with Gasteiger partial charge in [-0.2, -0.15) is 0 Å². The monoisotopic (exact) mass is 419 g/mol. The van der Waals surface area contributed by atoms with Crippen molar-refractivity contribution in [3.05, 3.63) is 53.2 Å². The molecule has 1 aromatic carbocycles. The average molecular weight is 420 g/mol. The molecule has 0 aliphatic carbocycles. The highest BCUT2D eigenvalue weighted by molar-refractivity contribution is 7.21. The Labute approximate surface area is 179 Å². The maximum absolute atomic E-state index is 13.1. The molecule has 154 valence electrons. The molecule has 4 heterocycles. The first-order valence-electron chi connectivity index (χ1n) is 10.2. The number of carbonyl (C=O) groups is 1. The maximum Gasteiger partial charge on any atom is 0.264 e. The first-order valence-corrected chi connectivity index (χ1v) is 11.0. The molecule has 1 atom stereocenters. The first-order chi connectivity index (χ1) is 14.5. The van der Waals surface area contributed by atoms with E-state index in [9.17, 15) is 4.79 Å². The molecule has 0 spiro atoms. The number of likely N-dealkylation sites (N-methyl/N-ethyl adjacent to an activating group) is 1. The number of fused-ring (bicyclic) bond motifs is 2. The highest BCUT2D eigenvalue weighted by Gasteiger charge is 2.29. The van der Waals surface area contributed by atoms with Crippen molar-refractivity contribution >= 4 is 49.7 Å². The number of thiophene rings is 1. The van der Waals surface area contributed by atoms with E-state index in [1.807, 2.05) is 17.0 Å². The Hall–Kier alpha value is -2.90. The molecule has 0 saturated carbocycles. The van der Waals surface area contributed by atoms with E-state index in [1.54, 1.807) is 6.20 Å². The van der Waals surface area contributed by atoms with Crippen molar-refractivity contribution in [3.8, 4) is 0 Å². The Morgan fingerprint density at radius 1 is 1.27 bits per heavy atom. The molecule has 1 unspecified atom stereocenters. The summed E-state index contributed by atoms with van der Waals surface area (Å²) in [5, 5.41) is 4.69. The van der Waals surface area contributed by atoms with Crippen molar-refractivity contribution < 1.29 is 4.79 Å². The zero-order chi connectivity index (χ0) is 20.8. The summed E-state index contributed by atoms with van der Waals surface area (Å²) in [5.41, 5.74) is 5.12. The molecule has 0 bridgehead atoms. The van der Waals surface area contributed by atoms with Crippen LogP contribution in [-0.4, -0.2) is 58.9 Å². The molecule has 3 aromatic heterocycles. The van der Waals surface area contributed by atoms with E-state index in [2.05, 4.69) is 65.5 Å². The van der Waals surface area contributed by atoms with Crippen molar-refractivity contribution in [1.82, 2.24) is 19.8 Å². The number of benzene rings is 1. The van der Waals surface area contributed by atoms with Gasteiger partial charge in [0.05, 0.1) is 20.8 Å². The van der Waals surface area contributed by atoms with Crippen LogP contribution >= 0.6 is 11.3 Å². The van der Waals surface area contributed by atoms with Gasteiger partial charge in [0.25, 0.3) is 5.91 Å². The van der Waals surface area contributed by atoms with E-state index >= 15 is 0 Å². The fraction of sp³-hybridized carbons (Fsp3) is 0.304. The fourth-order valence-corrected chi connectivity index (χ4v) is 5.21. The molecular formula is C23H25N5OS. The lowest BCUT2D eigenvalue weighted by Gasteiger charge is -2.19. The summed E-state index contributed by atoms with van der Waals surface area (Å²) in [4.78, 5) is 25.8. The van der Waals surface area contributed by atoms with Crippen molar-refractivity contribution in [3.63, 3.8) is 0 Å². The number of H-pyrrole nitrogens is 1. The van der Waals surface area contributed by atoms with Gasteiger partial charge >= 0.3 is 0 Å². The summed E-state index contributed by atoms with van der Waals surface area (Å²) >= 11 is 1.52. The predicted molar refractivity (Wildman–Crippen MR) is 124 cm³/mol. The summed E-state index contributed by atoms with van der Waals surface area (Å²) in [6, 6.07) is 12.8. The number of hydrogen-bond acceptors (Lipinski definition) is 5. The van der Waals surface area contributed by atoms with E-state index in [-0.39, 0.29) is 5.91 Å². The zero-order valence-electron chi connectivity index (χ0n) is 17.4. The topological polar surface area (TPSA) is 64.3 Å². The lowest BCUT2D eigenvalue weighted by Crippen LogP contribution is -2.34. The number of hydrogen-bond donors (Lipinski definition) is 2. The van der Waals surface area contributed by atoms with Crippen LogP contribution in [0.1, 0.15) is 21.8 Å². The average Bonchev–Trinajstić information content (AvgIpc) is 3.44. The lowest BCUT2D eigenvalue weighted by atomic mass is 10.2. The Bertz CT molecular complexity index is 1240. The Balaban J connectivity index is 1.42. The molecule has 0 radical (unpaired) electrons. The number of aryl methyl sites for hydroxylation is 1. The van der Waals surface area contributed by atoms with E-state index in [4.69, 9.17) is 0 Å². The first kappa shape index (κ1) is 19.1. The molecule has 1 fully saturated rings. The molecule has 7 heteroatoms. The van der Waals surface area contributed by atoms with Crippen molar-refractivity contribution in [2.75, 3.05) is 32.5 Å². The molecule has 1 aliphatic heterocycles. The standard InChI is InChI=1S/C23H25N5OS/c1-14-10-15-11-16(4-5-18(15)25-14)26-19-6-8-24-20-12-21(30-22(19)20)23(29)28-9-7-17(13-28)27(2)3/h4-6,8,10-12,17,25H,7,9,13H2,1-3H3,(H,24,26). The minimum absolute atomic E-state index is 0.109. The highest BCUT2D eigenvalue weighted by atomic mass is 32.1. The SMILES string of the molecule is Cc1cc2cc(Nc3ccnc4cc(C(=O)N5CCC(N(C)C)C5)sc34)ccc2[nH]1. The molecule has 5 rings (SSSR count). The second-order valence-electron chi connectivity index (χ2n) is 8.22. The third-order valence-electron chi connectivity index (χ3n) is 5.84. The second-order valence-corrected chi connectivity index (χ2v) is 9.27. The van der Waals surface area contributed by atoms with Gasteiger partial charge in [-0.1, -0.05) is 0 Å². The fourth-order valence-electron chi connectivity index (χ4n) is 4.16. The van der Waals surface area contributed by atoms with Crippen LogP contribution in [0.25, 0.3) is 21.1 Å². The van der Waals surface area contributed by atoms with E-state index in [0.717, 1.165) is 57.2 Å². The number of aromatic amines is 1. The second kappa shape index (κ2) is 7.41. The Morgan fingerprint density at radius 2 is 2.13 bits per heavy atom. The van der Waals surface area contributed by atoms with Gasteiger partial charge in [0.15, 0.2) is 0 Å². The number of rotatable bonds is 4. The molecule has 1 amide bonds. The molecule has 6 nitrogen and oxygen atoms in total. The quantitative estimate of drug-likeness (QED) is 0.507. The third-order valence-corrected chi connectivity index (χ3v) is 6.98. The Morgan fingerprint density at radius 3 is 2.93 bits per heavy atom. The zero-order valence-corrected chi connectivity index (χ0v) is 18.2. The summed E-state index contributed by atoms with van der Waals surface area (Å²) in [7, 11) is 4.15. The third kappa shape index (κ3) is 3.44. The van der Waals surface area contributed by atoms with Crippen molar-refractivity contribution in [2.24, 2.45) is 0 Å². The molecule has 30 heavy (non-hydrogen) atoms. The van der Waals surface area contributed by atoms with Crippen LogP contribution in [-0.2, 0) is 0 Å². The molecule has 2 N–H and O–H groups in total. The van der Waals surface area contributed by atoms with Gasteiger partial charge in [0, 0.05) is 47.6 Å². The summed E-state index contributed by atoms with van der Waals surface area (Å²) in [6.45, 7) is 3.66. The molecule has 4 aromatic rings. The van der Waals surface area contributed by atoms with Gasteiger partial charge in [-0.05, 0) is 63.8 Å². The number of amides is 1. The minimum Gasteiger partial charge on any atom is -0.359 e. The van der Waals surface area contributed by atoms with Crippen LogP contribution in [0, 0.1) is 6.92 Å². The smallest absolute Gasteiger partial charge is 0.264 e. The summed E-state index contributed by atoms with van der Waals surface area (Å²) in [6.07, 6.45) is 2.82. The van der Waals surface area contributed by atoms with E-state index in [0.29, 0.717) is 6.04 Å². The van der Waals surface area contributed by atoms with E-state index in [1.165, 1.54) is 16.7 Å². The van der Waals surface area contributed by atoms with Gasteiger partial charge in [-0.3, -0.25) is 9.78 Å². The lowest BCUT2D eigenvalue weighted by molar-refractivity contribution is 0.0788.